The van der Waals surface area contributed by atoms with Gasteiger partial charge in [-0.1, -0.05) is 0 Å². The van der Waals surface area contributed by atoms with E-state index in [0.717, 1.165) is 12.8 Å². The maximum absolute atomic E-state index is 11.9. The van der Waals surface area contributed by atoms with Crippen molar-refractivity contribution in [1.29, 1.82) is 0 Å². The van der Waals surface area contributed by atoms with Gasteiger partial charge in [-0.25, -0.2) is 4.79 Å². The molecule has 0 saturated carbocycles. The van der Waals surface area contributed by atoms with Crippen LogP contribution in [0.2, 0.25) is 0 Å². The summed E-state index contributed by atoms with van der Waals surface area (Å²) >= 11 is 5.44. The summed E-state index contributed by atoms with van der Waals surface area (Å²) in [6.45, 7) is 1.15. The number of alkyl halides is 1. The summed E-state index contributed by atoms with van der Waals surface area (Å²) < 4.78 is 0. The predicted octanol–water partition coefficient (Wildman–Crippen LogP) is 0.452. The van der Waals surface area contributed by atoms with Gasteiger partial charge in [-0.05, 0) is 18.8 Å². The van der Waals surface area contributed by atoms with Crippen LogP contribution in [0.4, 0.5) is 4.79 Å². The lowest BCUT2D eigenvalue weighted by atomic mass is 9.85. The van der Waals surface area contributed by atoms with Gasteiger partial charge in [0.2, 0.25) is 11.8 Å². The Morgan fingerprint density at radius 2 is 2.21 bits per heavy atom. The predicted molar refractivity (Wildman–Crippen MR) is 69.7 cm³/mol. The van der Waals surface area contributed by atoms with Crippen molar-refractivity contribution < 1.29 is 14.4 Å². The summed E-state index contributed by atoms with van der Waals surface area (Å²) in [6.07, 6.45) is 2.20. The molecule has 0 aromatic rings. The summed E-state index contributed by atoms with van der Waals surface area (Å²) in [5.41, 5.74) is 0. The lowest BCUT2D eigenvalue weighted by Crippen LogP contribution is -2.57. The molecule has 2 saturated heterocycles. The topological polar surface area (TPSA) is 78.5 Å². The molecule has 4 amide bonds. The zero-order valence-corrected chi connectivity index (χ0v) is 11.4. The van der Waals surface area contributed by atoms with Crippen LogP contribution in [-0.4, -0.2) is 47.8 Å². The molecule has 2 fully saturated rings. The Balaban J connectivity index is 1.85. The molecule has 0 aliphatic carbocycles. The highest BCUT2D eigenvalue weighted by atomic mass is 35.5. The van der Waals surface area contributed by atoms with E-state index in [-0.39, 0.29) is 36.2 Å². The maximum atomic E-state index is 11.9. The Morgan fingerprint density at radius 1 is 1.42 bits per heavy atom. The molecule has 2 rings (SSSR count). The van der Waals surface area contributed by atoms with E-state index in [2.05, 4.69) is 10.6 Å². The number of hydrogen-bond acceptors (Lipinski definition) is 3. The van der Waals surface area contributed by atoms with Crippen molar-refractivity contribution in [2.24, 2.45) is 5.92 Å². The number of amides is 4. The normalized spacial score (nSPS) is 26.4. The van der Waals surface area contributed by atoms with Crippen molar-refractivity contribution in [2.45, 2.75) is 31.7 Å². The number of nitrogens with zero attached hydrogens (tertiary/aromatic N) is 1. The molecule has 2 aliphatic rings. The first kappa shape index (κ1) is 14.1. The first-order valence-corrected chi connectivity index (χ1v) is 7.07. The van der Waals surface area contributed by atoms with E-state index in [1.165, 1.54) is 0 Å². The van der Waals surface area contributed by atoms with Crippen molar-refractivity contribution >= 4 is 29.4 Å². The van der Waals surface area contributed by atoms with Crippen molar-refractivity contribution in [2.75, 3.05) is 19.0 Å². The van der Waals surface area contributed by atoms with Crippen LogP contribution in [0.15, 0.2) is 0 Å². The lowest BCUT2D eigenvalue weighted by Gasteiger charge is -2.41. The van der Waals surface area contributed by atoms with Gasteiger partial charge in [0.1, 0.15) is 0 Å². The molecule has 2 unspecified atom stereocenters. The van der Waals surface area contributed by atoms with Gasteiger partial charge in [-0.2, -0.15) is 0 Å². The molecule has 2 atom stereocenters. The Morgan fingerprint density at radius 3 is 2.95 bits per heavy atom. The molecule has 0 aromatic heterocycles. The first-order valence-electron chi connectivity index (χ1n) is 6.54. The molecule has 2 N–H and O–H groups in total. The second-order valence-electron chi connectivity index (χ2n) is 5.00. The summed E-state index contributed by atoms with van der Waals surface area (Å²) in [6, 6.07) is -0.186. The summed E-state index contributed by atoms with van der Waals surface area (Å²) in [5, 5.41) is 5.29. The highest BCUT2D eigenvalue weighted by Gasteiger charge is 2.35. The van der Waals surface area contributed by atoms with Crippen LogP contribution in [-0.2, 0) is 9.59 Å². The van der Waals surface area contributed by atoms with Gasteiger partial charge in [0, 0.05) is 37.9 Å². The molecule has 0 radical (unpaired) electrons. The number of carbonyl (C=O) groups excluding carboxylic acids is 3. The number of imide groups is 1. The largest absolute Gasteiger partial charge is 0.353 e. The zero-order valence-electron chi connectivity index (χ0n) is 10.7. The SMILES string of the molecule is O=C(CCCl)NC(=O)N1CCC2NC(=O)CCC2C1. The highest BCUT2D eigenvalue weighted by molar-refractivity contribution is 6.19. The van der Waals surface area contributed by atoms with Gasteiger partial charge >= 0.3 is 6.03 Å². The van der Waals surface area contributed by atoms with Crippen LogP contribution >= 0.6 is 11.6 Å². The average Bonchev–Trinajstić information content (AvgIpc) is 2.38. The first-order chi connectivity index (χ1) is 9.10. The second-order valence-corrected chi connectivity index (χ2v) is 5.38. The minimum atomic E-state index is -0.356. The van der Waals surface area contributed by atoms with E-state index in [9.17, 15) is 14.4 Å². The standard InChI is InChI=1S/C12H18ClN3O3/c13-5-3-11(18)15-12(19)16-6-4-9-8(7-16)1-2-10(17)14-9/h8-9H,1-7H2,(H,14,17)(H,15,18,19). The summed E-state index contributed by atoms with van der Waals surface area (Å²) in [5.74, 6) is 0.242. The quantitative estimate of drug-likeness (QED) is 0.724. The minimum Gasteiger partial charge on any atom is -0.353 e. The van der Waals surface area contributed by atoms with E-state index < -0.39 is 0 Å². The monoisotopic (exact) mass is 287 g/mol. The number of piperidine rings is 2. The number of nitrogens with one attached hydrogen (secondary N) is 2. The molecule has 7 heteroatoms. The fourth-order valence-electron chi connectivity index (χ4n) is 2.64. The van der Waals surface area contributed by atoms with E-state index in [1.54, 1.807) is 4.90 Å². The Labute approximate surface area is 116 Å². The van der Waals surface area contributed by atoms with Crippen molar-refractivity contribution in [3.63, 3.8) is 0 Å². The number of rotatable bonds is 2. The number of carbonyl (C=O) groups is 3. The fourth-order valence-corrected chi connectivity index (χ4v) is 2.81. The van der Waals surface area contributed by atoms with Crippen LogP contribution in [0.25, 0.3) is 0 Å². The average molecular weight is 288 g/mol. The third kappa shape index (κ3) is 3.59. The maximum Gasteiger partial charge on any atom is 0.324 e. The molecule has 0 spiro atoms. The van der Waals surface area contributed by atoms with E-state index in [0.29, 0.717) is 25.4 Å². The molecule has 2 aliphatic heterocycles. The van der Waals surface area contributed by atoms with Gasteiger partial charge in [-0.15, -0.1) is 11.6 Å². The number of likely N-dealkylation sites (tertiary alicyclic amines) is 1. The lowest BCUT2D eigenvalue weighted by molar-refractivity contribution is -0.125. The third-order valence-corrected chi connectivity index (χ3v) is 3.87. The van der Waals surface area contributed by atoms with Crippen LogP contribution in [0.5, 0.6) is 0 Å². The minimum absolute atomic E-state index is 0.0939. The third-order valence-electron chi connectivity index (χ3n) is 3.68. The van der Waals surface area contributed by atoms with Crippen molar-refractivity contribution in [1.82, 2.24) is 15.5 Å². The van der Waals surface area contributed by atoms with Gasteiger partial charge in [0.25, 0.3) is 0 Å². The molecule has 0 bridgehead atoms. The van der Waals surface area contributed by atoms with Crippen LogP contribution in [0.3, 0.4) is 0 Å². The molecule has 106 valence electrons. The van der Waals surface area contributed by atoms with E-state index in [4.69, 9.17) is 11.6 Å². The highest BCUT2D eigenvalue weighted by Crippen LogP contribution is 2.25. The van der Waals surface area contributed by atoms with Gasteiger partial charge in [0.15, 0.2) is 0 Å². The number of hydrogen-bond donors (Lipinski definition) is 2. The molecule has 6 nitrogen and oxygen atoms in total. The Kier molecular flexibility index (Phi) is 4.63. The zero-order chi connectivity index (χ0) is 13.8. The van der Waals surface area contributed by atoms with Crippen LogP contribution < -0.4 is 10.6 Å². The van der Waals surface area contributed by atoms with Gasteiger partial charge < -0.3 is 10.2 Å². The van der Waals surface area contributed by atoms with E-state index in [1.807, 2.05) is 0 Å². The molecule has 2 heterocycles. The van der Waals surface area contributed by atoms with Gasteiger partial charge in [-0.3, -0.25) is 14.9 Å². The van der Waals surface area contributed by atoms with Crippen molar-refractivity contribution in [3.8, 4) is 0 Å². The molecular formula is C12H18ClN3O3. The van der Waals surface area contributed by atoms with Gasteiger partial charge in [0.05, 0.1) is 0 Å². The summed E-state index contributed by atoms with van der Waals surface area (Å²) in [7, 11) is 0. The smallest absolute Gasteiger partial charge is 0.324 e. The van der Waals surface area contributed by atoms with Crippen molar-refractivity contribution in [3.05, 3.63) is 0 Å². The molecule has 19 heavy (non-hydrogen) atoms. The molecular weight excluding hydrogens is 270 g/mol. The Hall–Kier alpha value is -1.30. The van der Waals surface area contributed by atoms with Crippen LogP contribution in [0, 0.1) is 5.92 Å². The second kappa shape index (κ2) is 6.23. The summed E-state index contributed by atoms with van der Waals surface area (Å²) in [4.78, 5) is 36.1. The van der Waals surface area contributed by atoms with Crippen LogP contribution in [0.1, 0.15) is 25.7 Å². The number of halogens is 1. The van der Waals surface area contributed by atoms with E-state index >= 15 is 0 Å². The Bertz CT molecular complexity index is 388. The molecule has 0 aromatic carbocycles. The number of fused-ring (bicyclic) bond motifs is 1. The number of urea groups is 1. The fraction of sp³-hybridized carbons (Fsp3) is 0.750.